The van der Waals surface area contributed by atoms with Gasteiger partial charge in [-0.1, -0.05) is 30.3 Å². The van der Waals surface area contributed by atoms with Crippen LogP contribution in [0.25, 0.3) is 0 Å². The first-order valence-corrected chi connectivity index (χ1v) is 8.36. The zero-order chi connectivity index (χ0) is 18.9. The maximum Gasteiger partial charge on any atom is 0.347 e. The molecule has 26 heavy (non-hydrogen) atoms. The fraction of sp³-hybridized carbons (Fsp3) is 0.300. The molecule has 1 amide bonds. The Labute approximate surface area is 152 Å². The Balaban J connectivity index is 1.69. The van der Waals surface area contributed by atoms with Crippen molar-refractivity contribution in [1.82, 2.24) is 5.32 Å². The van der Waals surface area contributed by atoms with Gasteiger partial charge in [0.25, 0.3) is 5.91 Å². The van der Waals surface area contributed by atoms with E-state index in [1.165, 1.54) is 6.07 Å². The molecule has 0 unspecified atom stereocenters. The number of hydrogen-bond donors (Lipinski definition) is 1. The molecule has 0 saturated carbocycles. The third-order valence-electron chi connectivity index (χ3n) is 3.65. The van der Waals surface area contributed by atoms with Gasteiger partial charge >= 0.3 is 5.97 Å². The fourth-order valence-electron chi connectivity index (χ4n) is 2.28. The molecule has 0 aromatic heterocycles. The Kier molecular flexibility index (Phi) is 7.14. The number of nitrogens with one attached hydrogen (secondary N) is 1. The van der Waals surface area contributed by atoms with E-state index in [2.05, 4.69) is 5.32 Å². The molecule has 0 aliphatic heterocycles. The SMILES string of the molecule is Cc1cccc(O[C@H](C)C(=O)OCC(=O)NCCc2ccccc2F)c1. The lowest BCUT2D eigenvalue weighted by atomic mass is 10.1. The summed E-state index contributed by atoms with van der Waals surface area (Å²) in [6.45, 7) is 3.33. The van der Waals surface area contributed by atoms with Crippen LogP contribution in [0.2, 0.25) is 0 Å². The second-order valence-electron chi connectivity index (χ2n) is 5.88. The molecular formula is C20H22FNO4. The van der Waals surface area contributed by atoms with Gasteiger partial charge in [0.1, 0.15) is 11.6 Å². The van der Waals surface area contributed by atoms with Crippen LogP contribution in [-0.2, 0) is 20.7 Å². The molecule has 6 heteroatoms. The average molecular weight is 359 g/mol. The second kappa shape index (κ2) is 9.56. The third kappa shape index (κ3) is 6.20. The number of carbonyl (C=O) groups excluding carboxylic acids is 2. The lowest BCUT2D eigenvalue weighted by Gasteiger charge is -2.14. The fourth-order valence-corrected chi connectivity index (χ4v) is 2.28. The van der Waals surface area contributed by atoms with Crippen LogP contribution in [0.3, 0.4) is 0 Å². The summed E-state index contributed by atoms with van der Waals surface area (Å²) >= 11 is 0. The van der Waals surface area contributed by atoms with Crippen molar-refractivity contribution in [3.8, 4) is 5.75 Å². The van der Waals surface area contributed by atoms with Crippen LogP contribution >= 0.6 is 0 Å². The summed E-state index contributed by atoms with van der Waals surface area (Å²) in [7, 11) is 0. The van der Waals surface area contributed by atoms with Crippen molar-refractivity contribution < 1.29 is 23.5 Å². The minimum Gasteiger partial charge on any atom is -0.479 e. The van der Waals surface area contributed by atoms with Crippen molar-refractivity contribution in [1.29, 1.82) is 0 Å². The summed E-state index contributed by atoms with van der Waals surface area (Å²) in [5, 5.41) is 2.59. The first-order valence-electron chi connectivity index (χ1n) is 8.36. The monoisotopic (exact) mass is 359 g/mol. The summed E-state index contributed by atoms with van der Waals surface area (Å²) in [6, 6.07) is 13.7. The molecule has 2 aromatic rings. The van der Waals surface area contributed by atoms with E-state index in [4.69, 9.17) is 9.47 Å². The quantitative estimate of drug-likeness (QED) is 0.736. The molecule has 0 bridgehead atoms. The highest BCUT2D eigenvalue weighted by molar-refractivity contribution is 5.81. The van der Waals surface area contributed by atoms with E-state index < -0.39 is 24.6 Å². The summed E-state index contributed by atoms with van der Waals surface area (Å²) in [6.07, 6.45) is -0.470. The van der Waals surface area contributed by atoms with Crippen LogP contribution in [0, 0.1) is 12.7 Å². The highest BCUT2D eigenvalue weighted by atomic mass is 19.1. The molecule has 0 fully saturated rings. The molecule has 0 saturated heterocycles. The van der Waals surface area contributed by atoms with E-state index in [1.807, 2.05) is 19.1 Å². The molecule has 0 radical (unpaired) electrons. The minimum atomic E-state index is -0.831. The lowest BCUT2D eigenvalue weighted by molar-refractivity contribution is -0.154. The van der Waals surface area contributed by atoms with Gasteiger partial charge in [0, 0.05) is 6.54 Å². The first kappa shape index (κ1) is 19.4. The Hall–Kier alpha value is -2.89. The van der Waals surface area contributed by atoms with Crippen LogP contribution in [-0.4, -0.2) is 31.1 Å². The number of ether oxygens (including phenoxy) is 2. The van der Waals surface area contributed by atoms with Gasteiger partial charge in [0.05, 0.1) is 0 Å². The van der Waals surface area contributed by atoms with Crippen molar-refractivity contribution in [3.05, 3.63) is 65.5 Å². The molecule has 2 rings (SSSR count). The van der Waals surface area contributed by atoms with Crippen molar-refractivity contribution in [2.24, 2.45) is 0 Å². The van der Waals surface area contributed by atoms with Crippen LogP contribution in [0.15, 0.2) is 48.5 Å². The highest BCUT2D eigenvalue weighted by Crippen LogP contribution is 2.14. The molecule has 1 atom stereocenters. The molecular weight excluding hydrogens is 337 g/mol. The van der Waals surface area contributed by atoms with E-state index in [0.29, 0.717) is 17.7 Å². The van der Waals surface area contributed by atoms with Gasteiger partial charge in [-0.15, -0.1) is 0 Å². The first-order chi connectivity index (χ1) is 12.5. The number of hydrogen-bond acceptors (Lipinski definition) is 4. The standard InChI is InChI=1S/C20H22FNO4/c1-14-6-5-8-17(12-14)26-15(2)20(24)25-13-19(23)22-11-10-16-7-3-4-9-18(16)21/h3-9,12,15H,10-11,13H2,1-2H3,(H,22,23)/t15-/m1/s1. The largest absolute Gasteiger partial charge is 0.479 e. The molecule has 2 aromatic carbocycles. The number of rotatable bonds is 8. The van der Waals surface area contributed by atoms with Crippen molar-refractivity contribution in [2.45, 2.75) is 26.4 Å². The van der Waals surface area contributed by atoms with E-state index >= 15 is 0 Å². The Morgan fingerprint density at radius 2 is 1.92 bits per heavy atom. The van der Waals surface area contributed by atoms with Crippen molar-refractivity contribution >= 4 is 11.9 Å². The second-order valence-corrected chi connectivity index (χ2v) is 5.88. The molecule has 0 heterocycles. The van der Waals surface area contributed by atoms with Crippen LogP contribution in [0.1, 0.15) is 18.1 Å². The number of amides is 1. The molecule has 0 spiro atoms. The topological polar surface area (TPSA) is 64.6 Å². The van der Waals surface area contributed by atoms with Crippen molar-refractivity contribution in [2.75, 3.05) is 13.2 Å². The third-order valence-corrected chi connectivity index (χ3v) is 3.65. The maximum atomic E-state index is 13.5. The van der Waals surface area contributed by atoms with Gasteiger partial charge in [-0.05, 0) is 49.6 Å². The predicted octanol–water partition coefficient (Wildman–Crippen LogP) is 2.80. The Morgan fingerprint density at radius 1 is 1.15 bits per heavy atom. The smallest absolute Gasteiger partial charge is 0.347 e. The highest BCUT2D eigenvalue weighted by Gasteiger charge is 2.17. The zero-order valence-corrected chi connectivity index (χ0v) is 14.8. The zero-order valence-electron chi connectivity index (χ0n) is 14.8. The summed E-state index contributed by atoms with van der Waals surface area (Å²) in [4.78, 5) is 23.6. The molecule has 138 valence electrons. The predicted molar refractivity (Wildman–Crippen MR) is 95.3 cm³/mol. The van der Waals surface area contributed by atoms with E-state index in [9.17, 15) is 14.0 Å². The summed E-state index contributed by atoms with van der Waals surface area (Å²) < 4.78 is 23.9. The van der Waals surface area contributed by atoms with E-state index in [-0.39, 0.29) is 12.4 Å². The van der Waals surface area contributed by atoms with Gasteiger partial charge in [0.2, 0.25) is 0 Å². The Bertz CT molecular complexity index is 763. The molecule has 5 nitrogen and oxygen atoms in total. The molecule has 0 aliphatic rings. The van der Waals surface area contributed by atoms with Crippen LogP contribution in [0.5, 0.6) is 5.75 Å². The molecule has 0 aliphatic carbocycles. The molecule has 1 N–H and O–H groups in total. The minimum absolute atomic E-state index is 0.257. The number of halogens is 1. The average Bonchev–Trinajstić information content (AvgIpc) is 2.61. The number of esters is 1. The number of aryl methyl sites for hydroxylation is 1. The van der Waals surface area contributed by atoms with Gasteiger partial charge in [-0.2, -0.15) is 0 Å². The summed E-state index contributed by atoms with van der Waals surface area (Å²) in [5.41, 5.74) is 1.53. The van der Waals surface area contributed by atoms with Gasteiger partial charge in [-0.25, -0.2) is 9.18 Å². The number of benzene rings is 2. The van der Waals surface area contributed by atoms with E-state index in [1.54, 1.807) is 37.3 Å². The summed E-state index contributed by atoms with van der Waals surface area (Å²) in [5.74, 6) is -0.827. The number of carbonyl (C=O) groups is 2. The van der Waals surface area contributed by atoms with Crippen molar-refractivity contribution in [3.63, 3.8) is 0 Å². The lowest BCUT2D eigenvalue weighted by Crippen LogP contribution is -2.33. The van der Waals surface area contributed by atoms with Gasteiger partial charge < -0.3 is 14.8 Å². The van der Waals surface area contributed by atoms with E-state index in [0.717, 1.165) is 5.56 Å². The van der Waals surface area contributed by atoms with Crippen LogP contribution < -0.4 is 10.1 Å². The normalized spacial score (nSPS) is 11.5. The Morgan fingerprint density at radius 3 is 2.65 bits per heavy atom. The van der Waals surface area contributed by atoms with Crippen LogP contribution in [0.4, 0.5) is 4.39 Å². The van der Waals surface area contributed by atoms with Gasteiger partial charge in [0.15, 0.2) is 12.7 Å². The van der Waals surface area contributed by atoms with Gasteiger partial charge in [-0.3, -0.25) is 4.79 Å². The maximum absolute atomic E-state index is 13.5.